The summed E-state index contributed by atoms with van der Waals surface area (Å²) in [6.07, 6.45) is 2.00. The van der Waals surface area contributed by atoms with Crippen molar-refractivity contribution in [1.29, 1.82) is 0 Å². The monoisotopic (exact) mass is 535 g/mol. The standard InChI is InChI=1S/C26H34FN3O6S/c1-4-7-14-28-26(32)22(5-2)29(16-19-8-10-20(27)11-9-19)25(31)17-30(37(33,34)6-3)21-12-13-23-24(15-21)36-18-35-23/h8-13,15,22H,4-7,14,16-18H2,1-3H3,(H,28,32). The molecule has 202 valence electrons. The Morgan fingerprint density at radius 2 is 1.76 bits per heavy atom. The van der Waals surface area contributed by atoms with E-state index in [1.165, 1.54) is 42.2 Å². The van der Waals surface area contributed by atoms with Gasteiger partial charge in [-0.1, -0.05) is 32.4 Å². The zero-order valence-electron chi connectivity index (χ0n) is 21.4. The van der Waals surface area contributed by atoms with Crippen LogP contribution in [0.1, 0.15) is 45.6 Å². The smallest absolute Gasteiger partial charge is 0.244 e. The average Bonchev–Trinajstić information content (AvgIpc) is 3.36. The Balaban J connectivity index is 1.94. The molecular weight excluding hydrogens is 501 g/mol. The van der Waals surface area contributed by atoms with Crippen LogP contribution >= 0.6 is 0 Å². The Morgan fingerprint density at radius 1 is 1.05 bits per heavy atom. The molecule has 0 fully saturated rings. The van der Waals surface area contributed by atoms with Gasteiger partial charge in [0.15, 0.2) is 11.5 Å². The van der Waals surface area contributed by atoms with Crippen molar-refractivity contribution in [2.75, 3.05) is 29.9 Å². The Morgan fingerprint density at radius 3 is 2.41 bits per heavy atom. The van der Waals surface area contributed by atoms with Gasteiger partial charge in [-0.25, -0.2) is 12.8 Å². The fourth-order valence-electron chi connectivity index (χ4n) is 3.97. The van der Waals surface area contributed by atoms with Gasteiger partial charge in [0.1, 0.15) is 18.4 Å². The zero-order valence-corrected chi connectivity index (χ0v) is 22.2. The van der Waals surface area contributed by atoms with Gasteiger partial charge in [0.2, 0.25) is 28.6 Å². The van der Waals surface area contributed by atoms with Crippen molar-refractivity contribution in [2.24, 2.45) is 0 Å². The van der Waals surface area contributed by atoms with Crippen LogP contribution in [0.4, 0.5) is 10.1 Å². The number of benzene rings is 2. The molecule has 1 heterocycles. The molecule has 0 spiro atoms. The van der Waals surface area contributed by atoms with Crippen molar-refractivity contribution in [1.82, 2.24) is 10.2 Å². The van der Waals surface area contributed by atoms with Gasteiger partial charge in [-0.05, 0) is 49.6 Å². The van der Waals surface area contributed by atoms with E-state index in [1.807, 2.05) is 6.92 Å². The molecule has 11 heteroatoms. The van der Waals surface area contributed by atoms with E-state index in [-0.39, 0.29) is 30.7 Å². The predicted octanol–water partition coefficient (Wildman–Crippen LogP) is 3.43. The van der Waals surface area contributed by atoms with E-state index in [0.717, 1.165) is 17.1 Å². The molecule has 0 saturated carbocycles. The molecule has 2 aromatic rings. The van der Waals surface area contributed by atoms with E-state index in [0.29, 0.717) is 30.0 Å². The number of ether oxygens (including phenoxy) is 2. The number of halogens is 1. The molecule has 3 rings (SSSR count). The molecule has 0 aromatic heterocycles. The van der Waals surface area contributed by atoms with Crippen LogP contribution in [0.5, 0.6) is 11.5 Å². The summed E-state index contributed by atoms with van der Waals surface area (Å²) in [7, 11) is -3.87. The topological polar surface area (TPSA) is 105 Å². The average molecular weight is 536 g/mol. The van der Waals surface area contributed by atoms with E-state index in [2.05, 4.69) is 5.32 Å². The van der Waals surface area contributed by atoms with Crippen molar-refractivity contribution >= 4 is 27.5 Å². The Labute approximate surface area is 217 Å². The van der Waals surface area contributed by atoms with Gasteiger partial charge in [0, 0.05) is 19.2 Å². The maximum atomic E-state index is 13.7. The number of hydrogen-bond acceptors (Lipinski definition) is 6. The highest BCUT2D eigenvalue weighted by atomic mass is 32.2. The third kappa shape index (κ3) is 7.12. The summed E-state index contributed by atoms with van der Waals surface area (Å²) >= 11 is 0. The highest BCUT2D eigenvalue weighted by Crippen LogP contribution is 2.36. The number of hydrogen-bond donors (Lipinski definition) is 1. The normalized spacial score (nSPS) is 13.2. The van der Waals surface area contributed by atoms with Crippen molar-refractivity contribution < 1.29 is 31.9 Å². The summed E-state index contributed by atoms with van der Waals surface area (Å²) in [6, 6.07) is 9.45. The van der Waals surface area contributed by atoms with E-state index in [9.17, 15) is 22.4 Å². The second kappa shape index (κ2) is 12.8. The molecule has 0 saturated heterocycles. The van der Waals surface area contributed by atoms with Gasteiger partial charge in [0.05, 0.1) is 11.4 Å². The maximum absolute atomic E-state index is 13.7. The number of carbonyl (C=O) groups excluding carboxylic acids is 2. The highest BCUT2D eigenvalue weighted by Gasteiger charge is 2.33. The lowest BCUT2D eigenvalue weighted by atomic mass is 10.1. The Hall–Kier alpha value is -3.34. The lowest BCUT2D eigenvalue weighted by molar-refractivity contribution is -0.140. The van der Waals surface area contributed by atoms with Gasteiger partial charge >= 0.3 is 0 Å². The van der Waals surface area contributed by atoms with Gasteiger partial charge in [0.25, 0.3) is 0 Å². The van der Waals surface area contributed by atoms with Crippen molar-refractivity contribution in [3.63, 3.8) is 0 Å². The SMILES string of the molecule is CCCCNC(=O)C(CC)N(Cc1ccc(F)cc1)C(=O)CN(c1ccc2c(c1)OCO2)S(=O)(=O)CC. The number of amides is 2. The largest absolute Gasteiger partial charge is 0.454 e. The van der Waals surface area contributed by atoms with E-state index < -0.39 is 34.3 Å². The van der Waals surface area contributed by atoms with E-state index in [1.54, 1.807) is 19.1 Å². The van der Waals surface area contributed by atoms with E-state index in [4.69, 9.17) is 9.47 Å². The van der Waals surface area contributed by atoms with Crippen molar-refractivity contribution in [2.45, 2.75) is 52.6 Å². The summed E-state index contributed by atoms with van der Waals surface area (Å²) in [5, 5.41) is 2.86. The third-order valence-electron chi connectivity index (χ3n) is 6.11. The van der Waals surface area contributed by atoms with Crippen molar-refractivity contribution in [3.8, 4) is 11.5 Å². The molecule has 1 unspecified atom stereocenters. The zero-order chi connectivity index (χ0) is 27.0. The molecule has 1 aliphatic heterocycles. The quantitative estimate of drug-likeness (QED) is 0.394. The Bertz CT molecular complexity index is 1190. The number of fused-ring (bicyclic) bond motifs is 1. The van der Waals surface area contributed by atoms with Crippen LogP contribution in [0.2, 0.25) is 0 Å². The lowest BCUT2D eigenvalue weighted by Crippen LogP contribution is -2.52. The van der Waals surface area contributed by atoms with Crippen molar-refractivity contribution in [3.05, 3.63) is 53.8 Å². The number of sulfonamides is 1. The molecule has 1 aliphatic rings. The second-order valence-corrected chi connectivity index (χ2v) is 10.8. The fourth-order valence-corrected chi connectivity index (χ4v) is 5.03. The summed E-state index contributed by atoms with van der Waals surface area (Å²) < 4.78 is 51.4. The minimum atomic E-state index is -3.87. The molecule has 0 bridgehead atoms. The van der Waals surface area contributed by atoms with Crippen LogP contribution in [-0.4, -0.2) is 56.8 Å². The van der Waals surface area contributed by atoms with Crippen LogP contribution in [0.3, 0.4) is 0 Å². The summed E-state index contributed by atoms with van der Waals surface area (Å²) in [5.74, 6) is -0.672. The molecule has 2 aromatic carbocycles. The first-order valence-corrected chi connectivity index (χ1v) is 14.0. The minimum Gasteiger partial charge on any atom is -0.454 e. The van der Waals surface area contributed by atoms with Crippen LogP contribution in [0.15, 0.2) is 42.5 Å². The molecular formula is C26H34FN3O6S. The molecule has 0 aliphatic carbocycles. The molecule has 9 nitrogen and oxygen atoms in total. The Kier molecular flexibility index (Phi) is 9.73. The molecule has 1 atom stereocenters. The fraction of sp³-hybridized carbons (Fsp3) is 0.462. The maximum Gasteiger partial charge on any atom is 0.244 e. The first-order valence-electron chi connectivity index (χ1n) is 12.4. The van der Waals surface area contributed by atoms with Gasteiger partial charge in [-0.15, -0.1) is 0 Å². The molecule has 2 amide bonds. The summed E-state index contributed by atoms with van der Waals surface area (Å²) in [5.41, 5.74) is 0.865. The van der Waals surface area contributed by atoms with Crippen LogP contribution in [0, 0.1) is 5.82 Å². The number of rotatable bonds is 13. The van der Waals surface area contributed by atoms with Gasteiger partial charge in [-0.2, -0.15) is 0 Å². The summed E-state index contributed by atoms with van der Waals surface area (Å²) in [6.45, 7) is 5.27. The first kappa shape index (κ1) is 28.2. The van der Waals surface area contributed by atoms with Gasteiger partial charge < -0.3 is 19.7 Å². The molecule has 37 heavy (non-hydrogen) atoms. The summed E-state index contributed by atoms with van der Waals surface area (Å²) in [4.78, 5) is 28.1. The number of nitrogens with one attached hydrogen (secondary N) is 1. The van der Waals surface area contributed by atoms with Crippen LogP contribution in [-0.2, 0) is 26.2 Å². The number of nitrogens with zero attached hydrogens (tertiary/aromatic N) is 2. The molecule has 0 radical (unpaired) electrons. The second-order valence-electron chi connectivity index (χ2n) is 8.66. The highest BCUT2D eigenvalue weighted by molar-refractivity contribution is 7.92. The number of unbranched alkanes of at least 4 members (excludes halogenated alkanes) is 1. The number of anilines is 1. The third-order valence-corrected chi connectivity index (χ3v) is 7.85. The van der Waals surface area contributed by atoms with Crippen LogP contribution < -0.4 is 19.1 Å². The van der Waals surface area contributed by atoms with Gasteiger partial charge in [-0.3, -0.25) is 13.9 Å². The minimum absolute atomic E-state index is 0.0139. The van der Waals surface area contributed by atoms with Crippen LogP contribution in [0.25, 0.3) is 0 Å². The first-order chi connectivity index (χ1) is 17.7. The predicted molar refractivity (Wildman–Crippen MR) is 138 cm³/mol. The lowest BCUT2D eigenvalue weighted by Gasteiger charge is -2.33. The molecule has 1 N–H and O–H groups in total. The van der Waals surface area contributed by atoms with E-state index >= 15 is 0 Å². The number of carbonyl (C=O) groups is 2.